The first-order valence-electron chi connectivity index (χ1n) is 7.33. The van der Waals surface area contributed by atoms with Crippen LogP contribution in [0, 0.1) is 5.92 Å². The molecule has 5 heteroatoms. The summed E-state index contributed by atoms with van der Waals surface area (Å²) >= 11 is 2.39. The zero-order chi connectivity index (χ0) is 15.0. The minimum absolute atomic E-state index is 0.0726. The summed E-state index contributed by atoms with van der Waals surface area (Å²) in [6, 6.07) is 10.1. The number of aliphatic hydroxyl groups excluding tert-OH is 1. The lowest BCUT2D eigenvalue weighted by molar-refractivity contribution is -0.150. The van der Waals surface area contributed by atoms with Gasteiger partial charge in [-0.25, -0.2) is 0 Å². The van der Waals surface area contributed by atoms with Gasteiger partial charge in [0.2, 0.25) is 0 Å². The van der Waals surface area contributed by atoms with Gasteiger partial charge in [0.25, 0.3) is 0 Å². The second kappa shape index (κ2) is 6.22. The highest BCUT2D eigenvalue weighted by atomic mass is 127. The second-order valence-electron chi connectivity index (χ2n) is 5.84. The maximum absolute atomic E-state index is 12.1. The molecule has 2 fully saturated rings. The molecule has 0 amide bonds. The number of rotatable bonds is 4. The van der Waals surface area contributed by atoms with Crippen LogP contribution in [0.1, 0.15) is 12.0 Å². The van der Waals surface area contributed by atoms with Gasteiger partial charge in [0, 0.05) is 22.4 Å². The van der Waals surface area contributed by atoms with Gasteiger partial charge in [0.15, 0.2) is 0 Å². The largest absolute Gasteiger partial charge is 0.468 e. The third-order valence-corrected chi connectivity index (χ3v) is 6.39. The molecule has 1 aromatic carbocycles. The van der Waals surface area contributed by atoms with E-state index < -0.39 is 0 Å². The van der Waals surface area contributed by atoms with Crippen molar-refractivity contribution in [2.45, 2.75) is 35.0 Å². The van der Waals surface area contributed by atoms with Crippen molar-refractivity contribution in [3.8, 4) is 0 Å². The molecule has 0 radical (unpaired) electrons. The van der Waals surface area contributed by atoms with Gasteiger partial charge in [-0.2, -0.15) is 0 Å². The number of nitrogens with zero attached hydrogens (tertiary/aromatic N) is 1. The standard InChI is InChI=1S/C16H20INO3/c1-21-16(20)14-11-9-12(19)15(13(11)17)18(14)8-7-10-5-3-2-4-6-10/h2-6,11-15,19H,7-9H2,1H3. The van der Waals surface area contributed by atoms with Gasteiger partial charge in [-0.1, -0.05) is 52.9 Å². The summed E-state index contributed by atoms with van der Waals surface area (Å²) in [6.45, 7) is 0.779. The lowest BCUT2D eigenvalue weighted by atomic mass is 9.97. The van der Waals surface area contributed by atoms with Crippen molar-refractivity contribution in [3.05, 3.63) is 35.9 Å². The number of carbonyl (C=O) groups is 1. The maximum atomic E-state index is 12.1. The van der Waals surface area contributed by atoms with Crippen LogP contribution in [0.15, 0.2) is 30.3 Å². The van der Waals surface area contributed by atoms with E-state index in [9.17, 15) is 9.90 Å². The molecule has 1 aliphatic carbocycles. The molecule has 2 bridgehead atoms. The summed E-state index contributed by atoms with van der Waals surface area (Å²) < 4.78 is 5.30. The number of likely N-dealkylation sites (tertiary alicyclic amines) is 1. The van der Waals surface area contributed by atoms with Crippen LogP contribution in [0.4, 0.5) is 0 Å². The Balaban J connectivity index is 1.76. The number of hydrogen-bond donors (Lipinski definition) is 1. The Morgan fingerprint density at radius 3 is 2.81 bits per heavy atom. The lowest BCUT2D eigenvalue weighted by Gasteiger charge is -2.35. The van der Waals surface area contributed by atoms with Crippen LogP contribution in [-0.2, 0) is 16.0 Å². The van der Waals surface area contributed by atoms with Crippen molar-refractivity contribution < 1.29 is 14.6 Å². The van der Waals surface area contributed by atoms with Gasteiger partial charge in [-0.15, -0.1) is 0 Å². The molecular weight excluding hydrogens is 381 g/mol. The molecule has 3 rings (SSSR count). The van der Waals surface area contributed by atoms with Crippen LogP contribution >= 0.6 is 22.6 Å². The van der Waals surface area contributed by atoms with Crippen LogP contribution in [0.3, 0.4) is 0 Å². The molecular formula is C16H20INO3. The predicted molar refractivity (Wildman–Crippen MR) is 88.4 cm³/mol. The van der Waals surface area contributed by atoms with E-state index in [1.165, 1.54) is 12.7 Å². The third kappa shape index (κ3) is 2.71. The van der Waals surface area contributed by atoms with Crippen LogP contribution in [0.25, 0.3) is 0 Å². The summed E-state index contributed by atoms with van der Waals surface area (Å²) in [5.41, 5.74) is 1.25. The number of halogens is 1. The number of carbonyl (C=O) groups excluding carboxylic acids is 1. The normalized spacial score (nSPS) is 35.1. The van der Waals surface area contributed by atoms with Crippen molar-refractivity contribution in [1.29, 1.82) is 0 Å². The number of hydrogen-bond acceptors (Lipinski definition) is 4. The Morgan fingerprint density at radius 1 is 1.43 bits per heavy atom. The molecule has 21 heavy (non-hydrogen) atoms. The molecule has 5 atom stereocenters. The zero-order valence-corrected chi connectivity index (χ0v) is 14.1. The van der Waals surface area contributed by atoms with E-state index in [4.69, 9.17) is 4.74 Å². The smallest absolute Gasteiger partial charge is 0.323 e. The summed E-state index contributed by atoms with van der Waals surface area (Å²) in [4.78, 5) is 14.3. The number of fused-ring (bicyclic) bond motifs is 2. The number of piperidine rings is 1. The molecule has 1 aromatic rings. The van der Waals surface area contributed by atoms with E-state index in [1.54, 1.807) is 0 Å². The Hall–Kier alpha value is -0.660. The van der Waals surface area contributed by atoms with Crippen molar-refractivity contribution in [3.63, 3.8) is 0 Å². The molecule has 5 unspecified atom stereocenters. The Morgan fingerprint density at radius 2 is 2.14 bits per heavy atom. The van der Waals surface area contributed by atoms with Crippen LogP contribution in [-0.4, -0.2) is 51.7 Å². The predicted octanol–water partition coefficient (Wildman–Crippen LogP) is 1.64. The van der Waals surface area contributed by atoms with E-state index in [-0.39, 0.29) is 30.1 Å². The Labute approximate surface area is 138 Å². The molecule has 0 spiro atoms. The molecule has 114 valence electrons. The van der Waals surface area contributed by atoms with E-state index in [1.807, 2.05) is 18.2 Å². The zero-order valence-electron chi connectivity index (χ0n) is 12.0. The SMILES string of the molecule is COC(=O)C1C2CC(O)C(C2I)N1CCc1ccccc1. The third-order valence-electron chi connectivity index (χ3n) is 4.73. The van der Waals surface area contributed by atoms with Gasteiger partial charge in [-0.05, 0) is 18.4 Å². The quantitative estimate of drug-likeness (QED) is 0.474. The molecule has 1 saturated carbocycles. The summed E-state index contributed by atoms with van der Waals surface area (Å²) in [5.74, 6) is 0.0398. The average Bonchev–Trinajstić information content (AvgIpc) is 2.94. The number of methoxy groups -OCH3 is 1. The van der Waals surface area contributed by atoms with Crippen molar-refractivity contribution in [2.24, 2.45) is 5.92 Å². The second-order valence-corrected chi connectivity index (χ2v) is 7.28. The van der Waals surface area contributed by atoms with Crippen LogP contribution in [0.2, 0.25) is 0 Å². The molecule has 2 aliphatic rings. The Kier molecular flexibility index (Phi) is 4.51. The van der Waals surface area contributed by atoms with E-state index in [2.05, 4.69) is 39.6 Å². The summed E-state index contributed by atoms with van der Waals surface area (Å²) in [7, 11) is 1.45. The van der Waals surface area contributed by atoms with Gasteiger partial charge >= 0.3 is 5.97 Å². The van der Waals surface area contributed by atoms with Gasteiger partial charge in [-0.3, -0.25) is 9.69 Å². The van der Waals surface area contributed by atoms with Crippen molar-refractivity contribution >= 4 is 28.6 Å². The maximum Gasteiger partial charge on any atom is 0.323 e. The number of aliphatic hydroxyl groups is 1. The first-order chi connectivity index (χ1) is 10.1. The van der Waals surface area contributed by atoms with E-state index in [0.29, 0.717) is 10.3 Å². The highest BCUT2D eigenvalue weighted by Crippen LogP contribution is 2.47. The fourth-order valence-electron chi connectivity index (χ4n) is 3.77. The number of benzene rings is 1. The fraction of sp³-hybridized carbons (Fsp3) is 0.562. The topological polar surface area (TPSA) is 49.8 Å². The molecule has 1 aliphatic heterocycles. The lowest BCUT2D eigenvalue weighted by Crippen LogP contribution is -2.52. The van der Waals surface area contributed by atoms with Crippen LogP contribution in [0.5, 0.6) is 0 Å². The monoisotopic (exact) mass is 401 g/mol. The number of alkyl halides is 1. The van der Waals surface area contributed by atoms with E-state index in [0.717, 1.165) is 13.0 Å². The van der Waals surface area contributed by atoms with Crippen molar-refractivity contribution in [1.82, 2.24) is 4.90 Å². The summed E-state index contributed by atoms with van der Waals surface area (Å²) in [6.07, 6.45) is 1.27. The first-order valence-corrected chi connectivity index (χ1v) is 8.57. The number of esters is 1. The highest BCUT2D eigenvalue weighted by Gasteiger charge is 2.59. The van der Waals surface area contributed by atoms with Crippen LogP contribution < -0.4 is 0 Å². The van der Waals surface area contributed by atoms with Gasteiger partial charge in [0.05, 0.1) is 13.2 Å². The van der Waals surface area contributed by atoms with Gasteiger partial charge < -0.3 is 9.84 Å². The molecule has 1 N–H and O–H groups in total. The van der Waals surface area contributed by atoms with E-state index >= 15 is 0 Å². The molecule has 1 heterocycles. The molecule has 0 aromatic heterocycles. The Bertz CT molecular complexity index is 510. The molecule has 1 saturated heterocycles. The highest BCUT2D eigenvalue weighted by molar-refractivity contribution is 14.1. The van der Waals surface area contributed by atoms with Gasteiger partial charge in [0.1, 0.15) is 6.04 Å². The average molecular weight is 401 g/mol. The minimum Gasteiger partial charge on any atom is -0.468 e. The van der Waals surface area contributed by atoms with Crippen molar-refractivity contribution in [2.75, 3.05) is 13.7 Å². The fourth-order valence-corrected chi connectivity index (χ4v) is 5.35. The molecule has 4 nitrogen and oxygen atoms in total. The first kappa shape index (κ1) is 15.2. The minimum atomic E-state index is -0.325. The number of ether oxygens (including phenoxy) is 1. The summed E-state index contributed by atoms with van der Waals surface area (Å²) in [5, 5.41) is 10.2.